The SMILES string of the molecule is C=CCN(c1ccc(C(=O)NCCSC2CCCCC2)cc1)S(C)(=O)=O. The summed E-state index contributed by atoms with van der Waals surface area (Å²) >= 11 is 1.95. The van der Waals surface area contributed by atoms with Crippen molar-refractivity contribution in [2.45, 2.75) is 37.4 Å². The average Bonchev–Trinajstić information content (AvgIpc) is 2.63. The predicted molar refractivity (Wildman–Crippen MR) is 110 cm³/mol. The molecule has 144 valence electrons. The Kier molecular flexibility index (Phi) is 8.03. The lowest BCUT2D eigenvalue weighted by Crippen LogP contribution is -2.30. The number of thioether (sulfide) groups is 1. The Morgan fingerprint density at radius 1 is 1.27 bits per heavy atom. The fourth-order valence-electron chi connectivity index (χ4n) is 3.05. The van der Waals surface area contributed by atoms with Gasteiger partial charge in [0.05, 0.1) is 18.5 Å². The number of sulfonamides is 1. The maximum Gasteiger partial charge on any atom is 0.251 e. The van der Waals surface area contributed by atoms with Gasteiger partial charge in [0.1, 0.15) is 0 Å². The summed E-state index contributed by atoms with van der Waals surface area (Å²) in [5, 5.41) is 3.68. The molecule has 1 amide bonds. The van der Waals surface area contributed by atoms with Crippen LogP contribution in [0.1, 0.15) is 42.5 Å². The first kappa shape index (κ1) is 20.8. The van der Waals surface area contributed by atoms with Gasteiger partial charge in [0.25, 0.3) is 5.91 Å². The van der Waals surface area contributed by atoms with Crippen LogP contribution in [0.4, 0.5) is 5.69 Å². The highest BCUT2D eigenvalue weighted by molar-refractivity contribution is 7.99. The number of amides is 1. The van der Waals surface area contributed by atoms with Crippen molar-refractivity contribution in [3.05, 3.63) is 42.5 Å². The summed E-state index contributed by atoms with van der Waals surface area (Å²) in [4.78, 5) is 12.2. The van der Waals surface area contributed by atoms with Crippen LogP contribution in [0.25, 0.3) is 0 Å². The molecule has 1 fully saturated rings. The summed E-state index contributed by atoms with van der Waals surface area (Å²) in [7, 11) is -3.38. The molecule has 26 heavy (non-hydrogen) atoms. The minimum atomic E-state index is -3.38. The molecule has 0 aromatic heterocycles. The zero-order valence-electron chi connectivity index (χ0n) is 15.3. The van der Waals surface area contributed by atoms with Crippen molar-refractivity contribution in [2.75, 3.05) is 29.4 Å². The Bertz CT molecular complexity index is 696. The topological polar surface area (TPSA) is 66.5 Å². The monoisotopic (exact) mass is 396 g/mol. The molecular weight excluding hydrogens is 368 g/mol. The predicted octanol–water partition coefficient (Wildman–Crippen LogP) is 3.43. The van der Waals surface area contributed by atoms with Crippen molar-refractivity contribution >= 4 is 33.4 Å². The van der Waals surface area contributed by atoms with Gasteiger partial charge in [0.2, 0.25) is 10.0 Å². The van der Waals surface area contributed by atoms with E-state index in [1.165, 1.54) is 42.5 Å². The first-order valence-electron chi connectivity index (χ1n) is 9.00. The molecule has 1 aliphatic rings. The zero-order valence-corrected chi connectivity index (χ0v) is 16.9. The quantitative estimate of drug-likeness (QED) is 0.513. The zero-order chi connectivity index (χ0) is 19.0. The number of nitrogens with one attached hydrogen (secondary N) is 1. The molecule has 1 aromatic carbocycles. The number of hydrogen-bond acceptors (Lipinski definition) is 4. The lowest BCUT2D eigenvalue weighted by molar-refractivity contribution is 0.0956. The molecule has 1 aliphatic carbocycles. The van der Waals surface area contributed by atoms with E-state index >= 15 is 0 Å². The van der Waals surface area contributed by atoms with E-state index in [1.54, 1.807) is 24.3 Å². The fraction of sp³-hybridized carbons (Fsp3) is 0.526. The highest BCUT2D eigenvalue weighted by Crippen LogP contribution is 2.27. The van der Waals surface area contributed by atoms with Gasteiger partial charge in [0, 0.05) is 23.1 Å². The number of nitrogens with zero attached hydrogens (tertiary/aromatic N) is 1. The van der Waals surface area contributed by atoms with Crippen LogP contribution in [0.3, 0.4) is 0 Å². The molecule has 1 aromatic rings. The molecule has 0 radical (unpaired) electrons. The van der Waals surface area contributed by atoms with Crippen LogP contribution in [0, 0.1) is 0 Å². The fourth-order valence-corrected chi connectivity index (χ4v) is 5.15. The van der Waals surface area contributed by atoms with Crippen LogP contribution >= 0.6 is 11.8 Å². The second-order valence-electron chi connectivity index (χ2n) is 6.52. The third kappa shape index (κ3) is 6.36. The molecule has 0 aliphatic heterocycles. The maximum absolute atomic E-state index is 12.2. The van der Waals surface area contributed by atoms with Gasteiger partial charge in [0.15, 0.2) is 0 Å². The standard InChI is InChI=1S/C19H28N2O3S2/c1-3-14-21(26(2,23)24)17-11-9-16(10-12-17)19(22)20-13-15-25-18-7-5-4-6-8-18/h3,9-12,18H,1,4-8,13-15H2,2H3,(H,20,22). The van der Waals surface area contributed by atoms with E-state index < -0.39 is 10.0 Å². The highest BCUT2D eigenvalue weighted by atomic mass is 32.2. The Balaban J connectivity index is 1.84. The Hall–Kier alpha value is -1.47. The summed E-state index contributed by atoms with van der Waals surface area (Å²) in [6, 6.07) is 6.60. The molecule has 5 nitrogen and oxygen atoms in total. The lowest BCUT2D eigenvalue weighted by Gasteiger charge is -2.21. The van der Waals surface area contributed by atoms with Gasteiger partial charge in [-0.15, -0.1) is 6.58 Å². The smallest absolute Gasteiger partial charge is 0.251 e. The highest BCUT2D eigenvalue weighted by Gasteiger charge is 2.16. The molecule has 1 N–H and O–H groups in total. The largest absolute Gasteiger partial charge is 0.351 e. The summed E-state index contributed by atoms with van der Waals surface area (Å²) in [5.41, 5.74) is 1.06. The van der Waals surface area contributed by atoms with Gasteiger partial charge in [-0.3, -0.25) is 9.10 Å². The van der Waals surface area contributed by atoms with Crippen LogP contribution in [-0.4, -0.2) is 44.7 Å². The molecule has 0 bridgehead atoms. The molecule has 1 saturated carbocycles. The average molecular weight is 397 g/mol. The second-order valence-corrected chi connectivity index (χ2v) is 9.83. The normalized spacial score (nSPS) is 15.4. The van der Waals surface area contributed by atoms with Crippen molar-refractivity contribution in [3.8, 4) is 0 Å². The van der Waals surface area contributed by atoms with Gasteiger partial charge >= 0.3 is 0 Å². The third-order valence-corrected chi connectivity index (χ3v) is 6.95. The van der Waals surface area contributed by atoms with Gasteiger partial charge in [-0.25, -0.2) is 8.42 Å². The van der Waals surface area contributed by atoms with Crippen LogP contribution < -0.4 is 9.62 Å². The molecule has 0 unspecified atom stereocenters. The summed E-state index contributed by atoms with van der Waals surface area (Å²) in [6.07, 6.45) is 9.28. The number of carbonyl (C=O) groups is 1. The Morgan fingerprint density at radius 2 is 1.92 bits per heavy atom. The number of benzene rings is 1. The van der Waals surface area contributed by atoms with Crippen LogP contribution in [-0.2, 0) is 10.0 Å². The Morgan fingerprint density at radius 3 is 2.50 bits per heavy atom. The molecular formula is C19H28N2O3S2. The van der Waals surface area contributed by atoms with E-state index in [1.807, 2.05) is 11.8 Å². The first-order valence-corrected chi connectivity index (χ1v) is 11.9. The number of rotatable bonds is 9. The lowest BCUT2D eigenvalue weighted by atomic mass is 10.0. The first-order chi connectivity index (χ1) is 12.4. The van der Waals surface area contributed by atoms with Crippen LogP contribution in [0.2, 0.25) is 0 Å². The van der Waals surface area contributed by atoms with Crippen molar-refractivity contribution < 1.29 is 13.2 Å². The minimum Gasteiger partial charge on any atom is -0.351 e. The summed E-state index contributed by atoms with van der Waals surface area (Å²) in [6.45, 7) is 4.43. The Labute approximate surface area is 161 Å². The van der Waals surface area contributed by atoms with E-state index in [0.29, 0.717) is 17.8 Å². The molecule has 0 atom stereocenters. The van der Waals surface area contributed by atoms with Crippen molar-refractivity contribution in [1.29, 1.82) is 0 Å². The van der Waals surface area contributed by atoms with Gasteiger partial charge in [-0.2, -0.15) is 11.8 Å². The molecule has 0 spiro atoms. The van der Waals surface area contributed by atoms with E-state index in [0.717, 1.165) is 17.3 Å². The minimum absolute atomic E-state index is 0.129. The number of anilines is 1. The second kappa shape index (κ2) is 10.0. The van der Waals surface area contributed by atoms with Gasteiger partial charge in [-0.1, -0.05) is 25.3 Å². The summed E-state index contributed by atoms with van der Waals surface area (Å²) in [5.74, 6) is 0.797. The van der Waals surface area contributed by atoms with Gasteiger partial charge in [-0.05, 0) is 37.1 Å². The van der Waals surface area contributed by atoms with Crippen molar-refractivity contribution in [2.24, 2.45) is 0 Å². The molecule has 0 saturated heterocycles. The van der Waals surface area contributed by atoms with E-state index in [2.05, 4.69) is 11.9 Å². The van der Waals surface area contributed by atoms with Crippen molar-refractivity contribution in [3.63, 3.8) is 0 Å². The molecule has 2 rings (SSSR count). The van der Waals surface area contributed by atoms with Crippen LogP contribution in [0.5, 0.6) is 0 Å². The number of hydrogen-bond donors (Lipinski definition) is 1. The number of carbonyl (C=O) groups excluding carboxylic acids is 1. The van der Waals surface area contributed by atoms with Crippen molar-refractivity contribution in [1.82, 2.24) is 5.32 Å². The third-order valence-electron chi connectivity index (χ3n) is 4.41. The van der Waals surface area contributed by atoms with E-state index in [-0.39, 0.29) is 12.5 Å². The van der Waals surface area contributed by atoms with E-state index in [9.17, 15) is 13.2 Å². The van der Waals surface area contributed by atoms with Gasteiger partial charge < -0.3 is 5.32 Å². The van der Waals surface area contributed by atoms with Crippen LogP contribution in [0.15, 0.2) is 36.9 Å². The molecule has 7 heteroatoms. The maximum atomic E-state index is 12.2. The summed E-state index contributed by atoms with van der Waals surface area (Å²) < 4.78 is 24.9. The molecule has 0 heterocycles. The van der Waals surface area contributed by atoms with E-state index in [4.69, 9.17) is 0 Å².